The number of hydrazone groups is 1. The minimum atomic E-state index is 0.270. The maximum atomic E-state index is 3.97. The lowest BCUT2D eigenvalue weighted by atomic mass is 10.1. The zero-order chi connectivity index (χ0) is 8.39. The summed E-state index contributed by atoms with van der Waals surface area (Å²) in [4.78, 5) is 0. The molecule has 1 heterocycles. The SMILES string of the molecule is CN1NN=CC1c1ccccc1. The van der Waals surface area contributed by atoms with Crippen molar-refractivity contribution in [2.45, 2.75) is 6.04 Å². The molecular formula is C9H11N3. The van der Waals surface area contributed by atoms with Gasteiger partial charge in [-0.15, -0.1) is 0 Å². The Bertz CT molecular complexity index is 281. The van der Waals surface area contributed by atoms with Gasteiger partial charge >= 0.3 is 0 Å². The van der Waals surface area contributed by atoms with E-state index in [1.54, 1.807) is 0 Å². The molecule has 1 aromatic rings. The first-order valence-corrected chi connectivity index (χ1v) is 3.94. The Hall–Kier alpha value is -1.35. The second-order valence-corrected chi connectivity index (χ2v) is 2.84. The maximum absolute atomic E-state index is 3.97. The van der Waals surface area contributed by atoms with Crippen molar-refractivity contribution in [2.24, 2.45) is 5.10 Å². The van der Waals surface area contributed by atoms with Gasteiger partial charge in [-0.25, -0.2) is 5.53 Å². The van der Waals surface area contributed by atoms with E-state index < -0.39 is 0 Å². The van der Waals surface area contributed by atoms with Crippen molar-refractivity contribution in [2.75, 3.05) is 7.05 Å². The molecular weight excluding hydrogens is 150 g/mol. The highest BCUT2D eigenvalue weighted by Crippen LogP contribution is 2.17. The van der Waals surface area contributed by atoms with Gasteiger partial charge in [0.05, 0.1) is 6.04 Å². The Kier molecular flexibility index (Phi) is 1.80. The summed E-state index contributed by atoms with van der Waals surface area (Å²) in [6, 6.07) is 10.6. The van der Waals surface area contributed by atoms with E-state index in [1.165, 1.54) is 5.56 Å². The normalized spacial score (nSPS) is 22.6. The van der Waals surface area contributed by atoms with Gasteiger partial charge in [0.1, 0.15) is 0 Å². The van der Waals surface area contributed by atoms with Gasteiger partial charge in [0.15, 0.2) is 0 Å². The smallest absolute Gasteiger partial charge is 0.0922 e. The van der Waals surface area contributed by atoms with Crippen molar-refractivity contribution >= 4 is 6.21 Å². The molecule has 1 aliphatic heterocycles. The number of nitrogens with zero attached hydrogens (tertiary/aromatic N) is 2. The summed E-state index contributed by atoms with van der Waals surface area (Å²) in [5, 5.41) is 5.94. The van der Waals surface area contributed by atoms with Crippen molar-refractivity contribution in [3.8, 4) is 0 Å². The highest BCUT2D eigenvalue weighted by molar-refractivity contribution is 5.68. The highest BCUT2D eigenvalue weighted by Gasteiger charge is 2.17. The Labute approximate surface area is 71.7 Å². The number of nitrogens with one attached hydrogen (secondary N) is 1. The molecule has 0 radical (unpaired) electrons. The molecule has 0 aliphatic carbocycles. The van der Waals surface area contributed by atoms with Gasteiger partial charge in [0, 0.05) is 13.3 Å². The molecule has 1 atom stereocenters. The number of hydrogen-bond donors (Lipinski definition) is 1. The van der Waals surface area contributed by atoms with Gasteiger partial charge in [-0.1, -0.05) is 30.3 Å². The van der Waals surface area contributed by atoms with E-state index in [4.69, 9.17) is 0 Å². The molecule has 0 saturated carbocycles. The minimum Gasteiger partial charge on any atom is -0.240 e. The molecule has 3 nitrogen and oxygen atoms in total. The molecule has 0 saturated heterocycles. The summed E-state index contributed by atoms with van der Waals surface area (Å²) in [6.45, 7) is 0. The van der Waals surface area contributed by atoms with Crippen LogP contribution in [0.4, 0.5) is 0 Å². The second-order valence-electron chi connectivity index (χ2n) is 2.84. The Balaban J connectivity index is 2.25. The third-order valence-corrected chi connectivity index (χ3v) is 1.99. The predicted molar refractivity (Wildman–Crippen MR) is 48.6 cm³/mol. The molecule has 0 aromatic heterocycles. The second kappa shape index (κ2) is 2.95. The van der Waals surface area contributed by atoms with Crippen molar-refractivity contribution in [3.05, 3.63) is 35.9 Å². The van der Waals surface area contributed by atoms with Crippen LogP contribution in [0.2, 0.25) is 0 Å². The van der Waals surface area contributed by atoms with Crippen LogP contribution < -0.4 is 5.53 Å². The molecule has 12 heavy (non-hydrogen) atoms. The topological polar surface area (TPSA) is 27.6 Å². The van der Waals surface area contributed by atoms with Gasteiger partial charge in [-0.2, -0.15) is 10.1 Å². The molecule has 0 spiro atoms. The minimum absolute atomic E-state index is 0.270. The van der Waals surface area contributed by atoms with Crippen LogP contribution in [0.15, 0.2) is 35.4 Å². The molecule has 2 rings (SSSR count). The first-order chi connectivity index (χ1) is 5.88. The van der Waals surface area contributed by atoms with Crippen LogP contribution in [0.1, 0.15) is 11.6 Å². The zero-order valence-corrected chi connectivity index (χ0v) is 6.94. The van der Waals surface area contributed by atoms with Crippen LogP contribution in [0.3, 0.4) is 0 Å². The predicted octanol–water partition coefficient (Wildman–Crippen LogP) is 1.16. The van der Waals surface area contributed by atoms with Gasteiger partial charge in [0.25, 0.3) is 0 Å². The lowest BCUT2D eigenvalue weighted by Gasteiger charge is -2.16. The van der Waals surface area contributed by atoms with Crippen LogP contribution in [0.25, 0.3) is 0 Å². The standard InChI is InChI=1S/C9H11N3/c1-12-9(7-10-11-12)8-5-3-2-4-6-8/h2-7,9,11H,1H3. The zero-order valence-electron chi connectivity index (χ0n) is 6.94. The fraction of sp³-hybridized carbons (Fsp3) is 0.222. The van der Waals surface area contributed by atoms with E-state index in [2.05, 4.69) is 22.8 Å². The van der Waals surface area contributed by atoms with Crippen LogP contribution in [-0.2, 0) is 0 Å². The van der Waals surface area contributed by atoms with Gasteiger partial charge < -0.3 is 0 Å². The van der Waals surface area contributed by atoms with Crippen molar-refractivity contribution in [1.82, 2.24) is 10.5 Å². The van der Waals surface area contributed by atoms with Crippen molar-refractivity contribution in [3.63, 3.8) is 0 Å². The maximum Gasteiger partial charge on any atom is 0.0922 e. The van der Waals surface area contributed by atoms with E-state index in [1.807, 2.05) is 36.5 Å². The molecule has 62 valence electrons. The Morgan fingerprint density at radius 1 is 1.33 bits per heavy atom. The molecule has 0 fully saturated rings. The summed E-state index contributed by atoms with van der Waals surface area (Å²) in [5.41, 5.74) is 4.13. The van der Waals surface area contributed by atoms with Crippen molar-refractivity contribution in [1.29, 1.82) is 0 Å². The third-order valence-electron chi connectivity index (χ3n) is 1.99. The van der Waals surface area contributed by atoms with Gasteiger partial charge in [0.2, 0.25) is 0 Å². The average molecular weight is 161 g/mol. The largest absolute Gasteiger partial charge is 0.240 e. The van der Waals surface area contributed by atoms with Crippen LogP contribution in [0.5, 0.6) is 0 Å². The summed E-state index contributed by atoms with van der Waals surface area (Å²) in [7, 11) is 1.98. The monoisotopic (exact) mass is 161 g/mol. The number of rotatable bonds is 1. The summed E-state index contributed by atoms with van der Waals surface area (Å²) in [5.74, 6) is 0. The number of hydrazine groups is 1. The summed E-state index contributed by atoms with van der Waals surface area (Å²) >= 11 is 0. The van der Waals surface area contributed by atoms with Crippen molar-refractivity contribution < 1.29 is 0 Å². The molecule has 1 aliphatic rings. The average Bonchev–Trinajstić information content (AvgIpc) is 2.53. The van der Waals surface area contributed by atoms with E-state index in [0.29, 0.717) is 0 Å². The number of benzene rings is 1. The van der Waals surface area contributed by atoms with E-state index >= 15 is 0 Å². The van der Waals surface area contributed by atoms with Crippen LogP contribution in [0, 0.1) is 0 Å². The molecule has 1 aromatic carbocycles. The van der Waals surface area contributed by atoms with Gasteiger partial charge in [-0.05, 0) is 5.56 Å². The Morgan fingerprint density at radius 2 is 2.08 bits per heavy atom. The fourth-order valence-corrected chi connectivity index (χ4v) is 1.32. The van der Waals surface area contributed by atoms with E-state index in [9.17, 15) is 0 Å². The Morgan fingerprint density at radius 3 is 2.67 bits per heavy atom. The van der Waals surface area contributed by atoms with Gasteiger partial charge in [-0.3, -0.25) is 0 Å². The lowest BCUT2D eigenvalue weighted by molar-refractivity contribution is 0.241. The summed E-state index contributed by atoms with van der Waals surface area (Å²) < 4.78 is 0. The first kappa shape index (κ1) is 7.31. The van der Waals surface area contributed by atoms with Crippen LogP contribution in [-0.4, -0.2) is 18.3 Å². The third kappa shape index (κ3) is 1.19. The molecule has 0 bridgehead atoms. The highest BCUT2D eigenvalue weighted by atomic mass is 15.7. The van der Waals surface area contributed by atoms with E-state index in [0.717, 1.165) is 0 Å². The lowest BCUT2D eigenvalue weighted by Crippen LogP contribution is -2.28. The number of hydrogen-bond acceptors (Lipinski definition) is 3. The summed E-state index contributed by atoms with van der Waals surface area (Å²) in [6.07, 6.45) is 1.90. The van der Waals surface area contributed by atoms with Crippen LogP contribution >= 0.6 is 0 Å². The van der Waals surface area contributed by atoms with E-state index in [-0.39, 0.29) is 6.04 Å². The quantitative estimate of drug-likeness (QED) is 0.669. The molecule has 1 N–H and O–H groups in total. The molecule has 0 amide bonds. The first-order valence-electron chi connectivity index (χ1n) is 3.94. The molecule has 3 heteroatoms. The molecule has 1 unspecified atom stereocenters. The fourth-order valence-electron chi connectivity index (χ4n) is 1.32.